The third-order valence-electron chi connectivity index (χ3n) is 3.25. The molecule has 1 amide bonds. The Kier molecular flexibility index (Phi) is 2.97. The number of hydrogen-bond donors (Lipinski definition) is 1. The van der Waals surface area contributed by atoms with E-state index in [1.54, 1.807) is 17.0 Å². The third kappa shape index (κ3) is 2.20. The molecule has 19 heavy (non-hydrogen) atoms. The quantitative estimate of drug-likeness (QED) is 0.830. The minimum absolute atomic E-state index is 0.207. The van der Waals surface area contributed by atoms with Crippen molar-refractivity contribution in [3.05, 3.63) is 59.4 Å². The number of aliphatic hydroxyl groups excluding tert-OH is 1. The molecule has 0 bridgehead atoms. The van der Waals surface area contributed by atoms with Crippen molar-refractivity contribution in [1.29, 1.82) is 0 Å². The molecule has 0 fully saturated rings. The van der Waals surface area contributed by atoms with Crippen molar-refractivity contribution < 1.29 is 9.90 Å². The summed E-state index contributed by atoms with van der Waals surface area (Å²) >= 11 is 0. The van der Waals surface area contributed by atoms with Gasteiger partial charge in [0.15, 0.2) is 5.69 Å². The zero-order chi connectivity index (χ0) is 13.2. The molecule has 0 radical (unpaired) electrons. The third-order valence-corrected chi connectivity index (χ3v) is 3.25. The predicted octanol–water partition coefficient (Wildman–Crippen LogP) is 1.17. The van der Waals surface area contributed by atoms with E-state index in [1.165, 1.54) is 6.20 Å². The van der Waals surface area contributed by atoms with Crippen LogP contribution < -0.4 is 0 Å². The van der Waals surface area contributed by atoms with Crippen LogP contribution >= 0.6 is 0 Å². The molecule has 0 saturated heterocycles. The molecule has 1 unspecified atom stereocenters. The van der Waals surface area contributed by atoms with E-state index in [1.807, 2.05) is 24.3 Å². The summed E-state index contributed by atoms with van der Waals surface area (Å²) in [6.45, 7) is 0.773. The van der Waals surface area contributed by atoms with Crippen LogP contribution in [0.2, 0.25) is 0 Å². The van der Waals surface area contributed by atoms with Gasteiger partial charge in [0.1, 0.15) is 0 Å². The molecule has 1 atom stereocenters. The summed E-state index contributed by atoms with van der Waals surface area (Å²) in [5, 5.41) is 17.6. The van der Waals surface area contributed by atoms with Gasteiger partial charge < -0.3 is 10.0 Å². The van der Waals surface area contributed by atoms with Crippen LogP contribution in [0, 0.1) is 0 Å². The van der Waals surface area contributed by atoms with Crippen LogP contribution in [-0.4, -0.2) is 32.7 Å². The highest BCUT2D eigenvalue weighted by atomic mass is 16.3. The Morgan fingerprint density at radius 1 is 1.26 bits per heavy atom. The molecular formula is C14H13N3O2. The number of carbonyl (C=O) groups is 1. The number of rotatable bonds is 1. The van der Waals surface area contributed by atoms with E-state index >= 15 is 0 Å². The summed E-state index contributed by atoms with van der Waals surface area (Å²) < 4.78 is 0. The van der Waals surface area contributed by atoms with Gasteiger partial charge in [-0.15, -0.1) is 5.10 Å². The van der Waals surface area contributed by atoms with E-state index in [4.69, 9.17) is 0 Å². The van der Waals surface area contributed by atoms with E-state index in [-0.39, 0.29) is 12.5 Å². The Morgan fingerprint density at radius 2 is 2.11 bits per heavy atom. The summed E-state index contributed by atoms with van der Waals surface area (Å²) in [4.78, 5) is 13.9. The van der Waals surface area contributed by atoms with E-state index in [2.05, 4.69) is 10.2 Å². The maximum Gasteiger partial charge on any atom is 0.274 e. The fraction of sp³-hybridized carbons (Fsp3) is 0.214. The van der Waals surface area contributed by atoms with Crippen molar-refractivity contribution in [1.82, 2.24) is 15.1 Å². The average molecular weight is 255 g/mol. The summed E-state index contributed by atoms with van der Waals surface area (Å²) in [5.41, 5.74) is 2.17. The monoisotopic (exact) mass is 255 g/mol. The van der Waals surface area contributed by atoms with Crippen molar-refractivity contribution in [3.63, 3.8) is 0 Å². The molecule has 0 aliphatic carbocycles. The molecule has 1 N–H and O–H groups in total. The second kappa shape index (κ2) is 4.78. The predicted molar refractivity (Wildman–Crippen MR) is 68.2 cm³/mol. The second-order valence-corrected chi connectivity index (χ2v) is 4.51. The van der Waals surface area contributed by atoms with Crippen LogP contribution in [0.4, 0.5) is 0 Å². The van der Waals surface area contributed by atoms with Crippen LogP contribution in [0.3, 0.4) is 0 Å². The highest BCUT2D eigenvalue weighted by Gasteiger charge is 2.27. The smallest absolute Gasteiger partial charge is 0.274 e. The number of nitrogens with zero attached hydrogens (tertiary/aromatic N) is 3. The molecule has 5 nitrogen and oxygen atoms in total. The molecule has 5 heteroatoms. The Morgan fingerprint density at radius 3 is 2.89 bits per heavy atom. The van der Waals surface area contributed by atoms with Gasteiger partial charge in [0, 0.05) is 12.7 Å². The van der Waals surface area contributed by atoms with Crippen LogP contribution in [0.25, 0.3) is 0 Å². The molecule has 0 saturated carbocycles. The molecule has 0 spiro atoms. The zero-order valence-electron chi connectivity index (χ0n) is 10.2. The van der Waals surface area contributed by atoms with Gasteiger partial charge >= 0.3 is 0 Å². The van der Waals surface area contributed by atoms with E-state index in [9.17, 15) is 9.90 Å². The first-order chi connectivity index (χ1) is 9.25. The molecule has 1 aliphatic rings. The standard InChI is InChI=1S/C14H13N3O2/c18-13-9-17(8-10-4-1-2-5-11(10)13)14(19)12-6-3-7-15-16-12/h1-7,13,18H,8-9H2. The molecule has 2 aromatic rings. The summed E-state index contributed by atoms with van der Waals surface area (Å²) in [7, 11) is 0. The van der Waals surface area contributed by atoms with Crippen LogP contribution in [-0.2, 0) is 6.54 Å². The average Bonchev–Trinajstić information content (AvgIpc) is 2.47. The van der Waals surface area contributed by atoms with E-state index in [0.717, 1.165) is 11.1 Å². The first-order valence-electron chi connectivity index (χ1n) is 6.08. The summed E-state index contributed by atoms with van der Waals surface area (Å²) in [5.74, 6) is -0.207. The number of amides is 1. The number of hydrogen-bond acceptors (Lipinski definition) is 4. The fourth-order valence-electron chi connectivity index (χ4n) is 2.31. The number of aromatic nitrogens is 2. The maximum atomic E-state index is 12.3. The lowest BCUT2D eigenvalue weighted by Gasteiger charge is -2.31. The van der Waals surface area contributed by atoms with Gasteiger partial charge in [0.25, 0.3) is 5.91 Å². The molecule has 2 heterocycles. The van der Waals surface area contributed by atoms with Crippen LogP contribution in [0.5, 0.6) is 0 Å². The second-order valence-electron chi connectivity index (χ2n) is 4.51. The maximum absolute atomic E-state index is 12.3. The van der Waals surface area contributed by atoms with Gasteiger partial charge in [-0.3, -0.25) is 4.79 Å². The van der Waals surface area contributed by atoms with Gasteiger partial charge in [-0.05, 0) is 23.3 Å². The number of β-amino-alcohol motifs (C(OH)–C–C–N with tert-alkyl or cyclic N) is 1. The molecule has 1 aromatic carbocycles. The zero-order valence-corrected chi connectivity index (χ0v) is 10.2. The Bertz CT molecular complexity index is 601. The molecule has 3 rings (SSSR count). The SMILES string of the molecule is O=C(c1cccnn1)N1Cc2ccccc2C(O)C1. The molecule has 96 valence electrons. The van der Waals surface area contributed by atoms with E-state index in [0.29, 0.717) is 12.2 Å². The molecular weight excluding hydrogens is 242 g/mol. The van der Waals surface area contributed by atoms with Crippen LogP contribution in [0.15, 0.2) is 42.6 Å². The number of benzene rings is 1. The van der Waals surface area contributed by atoms with Gasteiger partial charge in [0.05, 0.1) is 12.6 Å². The number of aliphatic hydroxyl groups is 1. The van der Waals surface area contributed by atoms with Crippen molar-refractivity contribution in [3.8, 4) is 0 Å². The minimum atomic E-state index is -0.648. The largest absolute Gasteiger partial charge is 0.387 e. The number of carbonyl (C=O) groups excluding carboxylic acids is 1. The first-order valence-corrected chi connectivity index (χ1v) is 6.08. The summed E-state index contributed by atoms with van der Waals surface area (Å²) in [6, 6.07) is 10.9. The Balaban J connectivity index is 1.88. The fourth-order valence-corrected chi connectivity index (χ4v) is 2.31. The van der Waals surface area contributed by atoms with Crippen molar-refractivity contribution >= 4 is 5.91 Å². The number of fused-ring (bicyclic) bond motifs is 1. The Labute approximate surface area is 110 Å². The highest BCUT2D eigenvalue weighted by Crippen LogP contribution is 2.26. The minimum Gasteiger partial charge on any atom is -0.387 e. The lowest BCUT2D eigenvalue weighted by molar-refractivity contribution is 0.0543. The first kappa shape index (κ1) is 11.8. The lowest BCUT2D eigenvalue weighted by atomic mass is 9.97. The van der Waals surface area contributed by atoms with Crippen molar-refractivity contribution in [2.75, 3.05) is 6.54 Å². The van der Waals surface area contributed by atoms with E-state index < -0.39 is 6.10 Å². The van der Waals surface area contributed by atoms with Gasteiger partial charge in [-0.1, -0.05) is 24.3 Å². The van der Waals surface area contributed by atoms with Crippen molar-refractivity contribution in [2.24, 2.45) is 0 Å². The Hall–Kier alpha value is -2.27. The molecule has 1 aliphatic heterocycles. The molecule has 1 aromatic heterocycles. The van der Waals surface area contributed by atoms with Gasteiger partial charge in [0.2, 0.25) is 0 Å². The van der Waals surface area contributed by atoms with Gasteiger partial charge in [-0.2, -0.15) is 5.10 Å². The van der Waals surface area contributed by atoms with Crippen molar-refractivity contribution in [2.45, 2.75) is 12.6 Å². The van der Waals surface area contributed by atoms with Crippen LogP contribution in [0.1, 0.15) is 27.7 Å². The lowest BCUT2D eigenvalue weighted by Crippen LogP contribution is -2.38. The van der Waals surface area contributed by atoms with Gasteiger partial charge in [-0.25, -0.2) is 0 Å². The topological polar surface area (TPSA) is 66.3 Å². The highest BCUT2D eigenvalue weighted by molar-refractivity contribution is 5.92. The normalized spacial score (nSPS) is 17.9. The summed E-state index contributed by atoms with van der Waals surface area (Å²) in [6.07, 6.45) is 0.877.